The Morgan fingerprint density at radius 2 is 1.89 bits per heavy atom. The first kappa shape index (κ1) is 13.5. The molecule has 0 radical (unpaired) electrons. The molecule has 102 valence electrons. The van der Waals surface area contributed by atoms with Crippen molar-refractivity contribution >= 4 is 17.5 Å². The Labute approximate surface area is 112 Å². The van der Waals surface area contributed by atoms with Crippen LogP contribution in [0.4, 0.5) is 5.69 Å². The summed E-state index contributed by atoms with van der Waals surface area (Å²) in [7, 11) is 0. The molecule has 19 heavy (non-hydrogen) atoms. The van der Waals surface area contributed by atoms with Gasteiger partial charge in [-0.1, -0.05) is 19.9 Å². The molecule has 0 aromatic heterocycles. The van der Waals surface area contributed by atoms with Gasteiger partial charge in [0.05, 0.1) is 11.1 Å². The van der Waals surface area contributed by atoms with Gasteiger partial charge in [0.15, 0.2) is 0 Å². The summed E-state index contributed by atoms with van der Waals surface area (Å²) in [6, 6.07) is 4.96. The zero-order valence-electron chi connectivity index (χ0n) is 11.2. The van der Waals surface area contributed by atoms with Crippen LogP contribution in [0.1, 0.15) is 34.6 Å². The van der Waals surface area contributed by atoms with Crippen molar-refractivity contribution in [1.29, 1.82) is 0 Å². The molecule has 2 amide bonds. The van der Waals surface area contributed by atoms with Crippen LogP contribution in [0.2, 0.25) is 0 Å². The fourth-order valence-corrected chi connectivity index (χ4v) is 2.32. The fraction of sp³-hybridized carbons (Fsp3) is 0.429. The quantitative estimate of drug-likeness (QED) is 0.627. The number of hydrogen-bond donors (Lipinski definition) is 2. The largest absolute Gasteiger partial charge is 0.398 e. The lowest BCUT2D eigenvalue weighted by Crippen LogP contribution is -2.39. The number of nitrogens with two attached hydrogens (primary N) is 2. The lowest BCUT2D eigenvalue weighted by Gasteiger charge is -2.24. The zero-order chi connectivity index (χ0) is 14.2. The van der Waals surface area contributed by atoms with Gasteiger partial charge in [0, 0.05) is 12.2 Å². The molecular weight excluding hydrogens is 242 g/mol. The summed E-state index contributed by atoms with van der Waals surface area (Å²) >= 11 is 0. The summed E-state index contributed by atoms with van der Waals surface area (Å²) in [6.45, 7) is 4.86. The SMILES string of the molecule is CC(C)C(CN)CN1C(=O)c2cccc(N)c2C1=O. The predicted octanol–water partition coefficient (Wildman–Crippen LogP) is 1.10. The first-order valence-corrected chi connectivity index (χ1v) is 6.42. The highest BCUT2D eigenvalue weighted by Gasteiger charge is 2.38. The Hall–Kier alpha value is -1.88. The molecule has 0 bridgehead atoms. The molecule has 1 aromatic carbocycles. The van der Waals surface area contributed by atoms with E-state index in [1.165, 1.54) is 4.90 Å². The van der Waals surface area contributed by atoms with Crippen molar-refractivity contribution in [1.82, 2.24) is 4.90 Å². The number of benzene rings is 1. The second kappa shape index (κ2) is 5.01. The Morgan fingerprint density at radius 1 is 1.21 bits per heavy atom. The van der Waals surface area contributed by atoms with E-state index in [4.69, 9.17) is 11.5 Å². The maximum atomic E-state index is 12.3. The molecule has 1 atom stereocenters. The van der Waals surface area contributed by atoms with Gasteiger partial charge < -0.3 is 11.5 Å². The average Bonchev–Trinajstić information content (AvgIpc) is 2.60. The Kier molecular flexibility index (Phi) is 3.57. The Bertz CT molecular complexity index is 525. The minimum absolute atomic E-state index is 0.100. The van der Waals surface area contributed by atoms with Gasteiger partial charge in [-0.15, -0.1) is 0 Å². The number of imide groups is 1. The minimum atomic E-state index is -0.308. The molecule has 0 saturated carbocycles. The first-order valence-electron chi connectivity index (χ1n) is 6.42. The maximum Gasteiger partial charge on any atom is 0.263 e. The molecule has 1 aliphatic rings. The van der Waals surface area contributed by atoms with Gasteiger partial charge in [0.2, 0.25) is 0 Å². The summed E-state index contributed by atoms with van der Waals surface area (Å²) in [6.07, 6.45) is 0. The topological polar surface area (TPSA) is 89.4 Å². The van der Waals surface area contributed by atoms with E-state index < -0.39 is 0 Å². The van der Waals surface area contributed by atoms with Crippen LogP contribution in [0.5, 0.6) is 0 Å². The fourth-order valence-electron chi connectivity index (χ4n) is 2.32. The molecule has 0 aliphatic carbocycles. The number of hydrogen-bond acceptors (Lipinski definition) is 4. The summed E-state index contributed by atoms with van der Waals surface area (Å²) in [5, 5.41) is 0. The predicted molar refractivity (Wildman–Crippen MR) is 73.6 cm³/mol. The second-order valence-corrected chi connectivity index (χ2v) is 5.23. The van der Waals surface area contributed by atoms with Gasteiger partial charge in [-0.25, -0.2) is 0 Å². The highest BCUT2D eigenvalue weighted by atomic mass is 16.2. The van der Waals surface area contributed by atoms with E-state index in [-0.39, 0.29) is 17.7 Å². The van der Waals surface area contributed by atoms with Crippen molar-refractivity contribution in [3.05, 3.63) is 29.3 Å². The van der Waals surface area contributed by atoms with Crippen molar-refractivity contribution in [2.24, 2.45) is 17.6 Å². The molecule has 0 spiro atoms. The monoisotopic (exact) mass is 261 g/mol. The van der Waals surface area contributed by atoms with E-state index in [0.29, 0.717) is 35.8 Å². The Balaban J connectivity index is 2.30. The van der Waals surface area contributed by atoms with Crippen LogP contribution in [-0.4, -0.2) is 29.8 Å². The average molecular weight is 261 g/mol. The van der Waals surface area contributed by atoms with Crippen LogP contribution in [-0.2, 0) is 0 Å². The van der Waals surface area contributed by atoms with Gasteiger partial charge in [0.1, 0.15) is 0 Å². The van der Waals surface area contributed by atoms with Gasteiger partial charge in [-0.3, -0.25) is 14.5 Å². The number of rotatable bonds is 4. The normalized spacial score (nSPS) is 16.1. The molecule has 5 nitrogen and oxygen atoms in total. The van der Waals surface area contributed by atoms with Crippen LogP contribution in [0.3, 0.4) is 0 Å². The number of carbonyl (C=O) groups is 2. The molecule has 0 saturated heterocycles. The van der Waals surface area contributed by atoms with Crippen LogP contribution >= 0.6 is 0 Å². The van der Waals surface area contributed by atoms with Crippen LogP contribution in [0.15, 0.2) is 18.2 Å². The van der Waals surface area contributed by atoms with Gasteiger partial charge >= 0.3 is 0 Å². The molecule has 1 unspecified atom stereocenters. The van der Waals surface area contributed by atoms with E-state index in [2.05, 4.69) is 0 Å². The summed E-state index contributed by atoms with van der Waals surface area (Å²) in [4.78, 5) is 25.8. The maximum absolute atomic E-state index is 12.3. The summed E-state index contributed by atoms with van der Waals surface area (Å²) < 4.78 is 0. The van der Waals surface area contributed by atoms with Gasteiger partial charge in [-0.2, -0.15) is 0 Å². The standard InChI is InChI=1S/C14H19N3O2/c1-8(2)9(6-15)7-17-13(18)10-4-3-5-11(16)12(10)14(17)19/h3-5,8-9H,6-7,15-16H2,1-2H3. The lowest BCUT2D eigenvalue weighted by molar-refractivity contribution is 0.0618. The third-order valence-electron chi connectivity index (χ3n) is 3.69. The lowest BCUT2D eigenvalue weighted by atomic mass is 9.95. The molecule has 1 aromatic rings. The van der Waals surface area contributed by atoms with Crippen molar-refractivity contribution in [3.8, 4) is 0 Å². The molecule has 0 fully saturated rings. The Morgan fingerprint density at radius 3 is 2.42 bits per heavy atom. The van der Waals surface area contributed by atoms with Crippen molar-refractivity contribution in [2.75, 3.05) is 18.8 Å². The van der Waals surface area contributed by atoms with E-state index >= 15 is 0 Å². The van der Waals surface area contributed by atoms with Crippen molar-refractivity contribution in [3.63, 3.8) is 0 Å². The minimum Gasteiger partial charge on any atom is -0.398 e. The highest BCUT2D eigenvalue weighted by molar-refractivity contribution is 6.23. The third kappa shape index (κ3) is 2.21. The number of anilines is 1. The molecule has 5 heteroatoms. The molecule has 1 aliphatic heterocycles. The highest BCUT2D eigenvalue weighted by Crippen LogP contribution is 2.28. The third-order valence-corrected chi connectivity index (χ3v) is 3.69. The first-order chi connectivity index (χ1) is 8.97. The van der Waals surface area contributed by atoms with Crippen LogP contribution in [0.25, 0.3) is 0 Å². The molecule has 2 rings (SSSR count). The molecular formula is C14H19N3O2. The van der Waals surface area contributed by atoms with E-state index in [0.717, 1.165) is 0 Å². The summed E-state index contributed by atoms with van der Waals surface area (Å²) in [5.74, 6) is -0.168. The van der Waals surface area contributed by atoms with Crippen molar-refractivity contribution < 1.29 is 9.59 Å². The van der Waals surface area contributed by atoms with Crippen LogP contribution in [0, 0.1) is 11.8 Å². The van der Waals surface area contributed by atoms with Crippen LogP contribution < -0.4 is 11.5 Å². The molecule has 1 heterocycles. The van der Waals surface area contributed by atoms with Gasteiger partial charge in [-0.05, 0) is 30.5 Å². The summed E-state index contributed by atoms with van der Waals surface area (Å²) in [5.41, 5.74) is 12.6. The van der Waals surface area contributed by atoms with E-state index in [1.54, 1.807) is 18.2 Å². The van der Waals surface area contributed by atoms with Gasteiger partial charge in [0.25, 0.3) is 11.8 Å². The number of fused-ring (bicyclic) bond motifs is 1. The smallest absolute Gasteiger partial charge is 0.263 e. The number of nitrogen functional groups attached to an aromatic ring is 1. The zero-order valence-corrected chi connectivity index (χ0v) is 11.2. The van der Waals surface area contributed by atoms with E-state index in [9.17, 15) is 9.59 Å². The van der Waals surface area contributed by atoms with E-state index in [1.807, 2.05) is 13.8 Å². The van der Waals surface area contributed by atoms with Crippen molar-refractivity contribution in [2.45, 2.75) is 13.8 Å². The molecule has 4 N–H and O–H groups in total. The number of amides is 2. The second-order valence-electron chi connectivity index (χ2n) is 5.23. The number of nitrogens with zero attached hydrogens (tertiary/aromatic N) is 1. The number of carbonyl (C=O) groups excluding carboxylic acids is 2.